The van der Waals surface area contributed by atoms with Crippen molar-refractivity contribution in [3.05, 3.63) is 77.9 Å². The molecule has 0 radical (unpaired) electrons. The Morgan fingerprint density at radius 1 is 1.13 bits per heavy atom. The van der Waals surface area contributed by atoms with Crippen molar-refractivity contribution in [3.63, 3.8) is 0 Å². The van der Waals surface area contributed by atoms with Gasteiger partial charge in [0.15, 0.2) is 12.2 Å². The molecule has 0 atom stereocenters. The van der Waals surface area contributed by atoms with Crippen LogP contribution in [0.4, 0.5) is 16.4 Å². The van der Waals surface area contributed by atoms with Gasteiger partial charge in [-0.2, -0.15) is 0 Å². The van der Waals surface area contributed by atoms with Gasteiger partial charge in [0.2, 0.25) is 5.95 Å². The molecular formula is C27H27N7O3S. The van der Waals surface area contributed by atoms with Gasteiger partial charge < -0.3 is 14.3 Å². The van der Waals surface area contributed by atoms with Crippen molar-refractivity contribution in [2.24, 2.45) is 0 Å². The Bertz CT molecular complexity index is 1540. The molecule has 3 amide bonds. The zero-order chi connectivity index (χ0) is 26.5. The first-order valence-corrected chi connectivity index (χ1v) is 13.1. The number of benzene rings is 1. The number of carbonyl (C=O) groups is 2. The molecule has 0 unspecified atom stereocenters. The molecular weight excluding hydrogens is 502 g/mol. The zero-order valence-corrected chi connectivity index (χ0v) is 21.9. The third-order valence-corrected chi connectivity index (χ3v) is 7.13. The number of anilines is 2. The third kappa shape index (κ3) is 5.42. The van der Waals surface area contributed by atoms with E-state index in [0.717, 1.165) is 22.4 Å². The lowest BCUT2D eigenvalue weighted by molar-refractivity contribution is 0.102. The van der Waals surface area contributed by atoms with Gasteiger partial charge >= 0.3 is 6.03 Å². The number of fused-ring (bicyclic) bond motifs is 1. The van der Waals surface area contributed by atoms with Gasteiger partial charge in [-0.25, -0.2) is 14.8 Å². The number of amides is 3. The molecule has 0 aliphatic rings. The van der Waals surface area contributed by atoms with Crippen LogP contribution >= 0.6 is 11.3 Å². The third-order valence-electron chi connectivity index (χ3n) is 6.03. The zero-order valence-electron chi connectivity index (χ0n) is 21.0. The molecule has 1 aromatic carbocycles. The predicted octanol–water partition coefficient (Wildman–Crippen LogP) is 5.20. The van der Waals surface area contributed by atoms with Crippen LogP contribution in [0.15, 0.2) is 71.9 Å². The molecule has 0 saturated carbocycles. The van der Waals surface area contributed by atoms with E-state index in [4.69, 9.17) is 9.40 Å². The number of rotatable bonds is 9. The van der Waals surface area contributed by atoms with E-state index in [1.54, 1.807) is 30.4 Å². The molecule has 5 aromatic rings. The van der Waals surface area contributed by atoms with E-state index in [1.807, 2.05) is 54.1 Å². The Balaban J connectivity index is 1.44. The highest BCUT2D eigenvalue weighted by Crippen LogP contribution is 2.29. The average molecular weight is 530 g/mol. The first-order chi connectivity index (χ1) is 18.5. The lowest BCUT2D eigenvalue weighted by Gasteiger charge is -2.18. The monoisotopic (exact) mass is 529 g/mol. The van der Waals surface area contributed by atoms with Crippen LogP contribution in [0.5, 0.6) is 0 Å². The summed E-state index contributed by atoms with van der Waals surface area (Å²) in [6.07, 6.45) is 8.10. The van der Waals surface area contributed by atoms with E-state index in [9.17, 15) is 9.59 Å². The predicted molar refractivity (Wildman–Crippen MR) is 148 cm³/mol. The van der Waals surface area contributed by atoms with Gasteiger partial charge in [0.1, 0.15) is 0 Å². The van der Waals surface area contributed by atoms with Crippen LogP contribution in [0.3, 0.4) is 0 Å². The summed E-state index contributed by atoms with van der Waals surface area (Å²) in [5, 5.41) is 5.86. The van der Waals surface area contributed by atoms with Crippen molar-refractivity contribution in [1.82, 2.24) is 24.8 Å². The topological polar surface area (TPSA) is 118 Å². The van der Waals surface area contributed by atoms with Gasteiger partial charge in [0.25, 0.3) is 5.91 Å². The maximum atomic E-state index is 13.2. The normalized spacial score (nSPS) is 11.0. The number of oxazole rings is 1. The number of thiophene rings is 1. The number of aromatic nitrogens is 4. The number of carbonyl (C=O) groups excluding carboxylic acids is 2. The number of hydrogen-bond donors (Lipinski definition) is 2. The van der Waals surface area contributed by atoms with Crippen LogP contribution in [0, 0.1) is 0 Å². The van der Waals surface area contributed by atoms with Crippen molar-refractivity contribution >= 4 is 45.9 Å². The van der Waals surface area contributed by atoms with Crippen LogP contribution in [0.25, 0.3) is 21.7 Å². The smallest absolute Gasteiger partial charge is 0.321 e. The van der Waals surface area contributed by atoms with Gasteiger partial charge in [0.05, 0.1) is 27.0 Å². The number of urea groups is 1. The van der Waals surface area contributed by atoms with E-state index in [2.05, 4.69) is 20.6 Å². The molecule has 0 fully saturated rings. The van der Waals surface area contributed by atoms with E-state index in [-0.39, 0.29) is 11.9 Å². The Morgan fingerprint density at radius 2 is 2.03 bits per heavy atom. The van der Waals surface area contributed by atoms with Gasteiger partial charge in [-0.1, -0.05) is 13.0 Å². The van der Waals surface area contributed by atoms with E-state index in [1.165, 1.54) is 17.7 Å². The largest absolute Gasteiger partial charge is 0.443 e. The maximum Gasteiger partial charge on any atom is 0.321 e. The summed E-state index contributed by atoms with van der Waals surface area (Å²) in [7, 11) is 1.72. The highest BCUT2D eigenvalue weighted by Gasteiger charge is 2.19. The standard InChI is InChI=1S/C27H27N7O3S/c1-3-11-30-27(36)33(2)19-6-7-21-20(14-19)31-26(34(21)13-10-18-5-4-12-28-15-18)32-25(35)24-9-8-23(38-24)22-16-29-17-37-22/h4-9,12,14-17H,3,10-11,13H2,1-2H3,(H,30,36)(H,31,32,35). The van der Waals surface area contributed by atoms with Crippen molar-refractivity contribution in [2.75, 3.05) is 23.8 Å². The van der Waals surface area contributed by atoms with E-state index >= 15 is 0 Å². The Morgan fingerprint density at radius 3 is 2.79 bits per heavy atom. The van der Waals surface area contributed by atoms with Gasteiger partial charge in [0, 0.05) is 38.2 Å². The summed E-state index contributed by atoms with van der Waals surface area (Å²) in [6, 6.07) is 13.0. The molecule has 0 spiro atoms. The molecule has 38 heavy (non-hydrogen) atoms. The summed E-state index contributed by atoms with van der Waals surface area (Å²) >= 11 is 1.31. The fraction of sp³-hybridized carbons (Fsp3) is 0.222. The fourth-order valence-electron chi connectivity index (χ4n) is 4.00. The molecule has 2 N–H and O–H groups in total. The Hall–Kier alpha value is -4.51. The summed E-state index contributed by atoms with van der Waals surface area (Å²) < 4.78 is 7.32. The maximum absolute atomic E-state index is 13.2. The van der Waals surface area contributed by atoms with Crippen molar-refractivity contribution in [1.29, 1.82) is 0 Å². The van der Waals surface area contributed by atoms with Crippen molar-refractivity contribution < 1.29 is 14.0 Å². The molecule has 0 bridgehead atoms. The van der Waals surface area contributed by atoms with Crippen LogP contribution in [-0.2, 0) is 13.0 Å². The number of hydrogen-bond acceptors (Lipinski definition) is 7. The quantitative estimate of drug-likeness (QED) is 0.271. The second kappa shape index (κ2) is 11.3. The first kappa shape index (κ1) is 25.2. The van der Waals surface area contributed by atoms with Crippen molar-refractivity contribution in [3.8, 4) is 10.6 Å². The summed E-state index contributed by atoms with van der Waals surface area (Å²) in [4.78, 5) is 41.4. The molecule has 0 aliphatic carbocycles. The first-order valence-electron chi connectivity index (χ1n) is 12.2. The number of aryl methyl sites for hydroxylation is 2. The molecule has 10 nitrogen and oxygen atoms in total. The average Bonchev–Trinajstić information content (AvgIpc) is 3.70. The SMILES string of the molecule is CCCNC(=O)N(C)c1ccc2c(c1)nc(NC(=O)c1ccc(-c3cnco3)s1)n2CCc1cccnc1. The molecule has 11 heteroatoms. The minimum Gasteiger partial charge on any atom is -0.443 e. The number of nitrogens with zero attached hydrogens (tertiary/aromatic N) is 5. The van der Waals surface area contributed by atoms with E-state index < -0.39 is 0 Å². The lowest BCUT2D eigenvalue weighted by atomic mass is 10.2. The minimum absolute atomic E-state index is 0.184. The lowest BCUT2D eigenvalue weighted by Crippen LogP contribution is -2.37. The summed E-state index contributed by atoms with van der Waals surface area (Å²) in [5.74, 6) is 0.770. The highest BCUT2D eigenvalue weighted by molar-refractivity contribution is 7.17. The van der Waals surface area contributed by atoms with Crippen LogP contribution in [-0.4, -0.2) is 45.0 Å². The fourth-order valence-corrected chi connectivity index (χ4v) is 4.85. The molecule has 0 aliphatic heterocycles. The van der Waals surface area contributed by atoms with Crippen molar-refractivity contribution in [2.45, 2.75) is 26.3 Å². The Kier molecular flexibility index (Phi) is 7.45. The number of nitrogens with one attached hydrogen (secondary N) is 2. The number of pyridine rings is 1. The summed E-state index contributed by atoms with van der Waals surface area (Å²) in [5.41, 5.74) is 3.30. The highest BCUT2D eigenvalue weighted by atomic mass is 32.1. The van der Waals surface area contributed by atoms with Crippen LogP contribution in [0.2, 0.25) is 0 Å². The minimum atomic E-state index is -0.269. The van der Waals surface area contributed by atoms with Gasteiger partial charge in [-0.15, -0.1) is 11.3 Å². The van der Waals surface area contributed by atoms with E-state index in [0.29, 0.717) is 47.3 Å². The van der Waals surface area contributed by atoms with Gasteiger partial charge in [-0.05, 0) is 54.8 Å². The molecule has 4 heterocycles. The molecule has 5 rings (SSSR count). The second-order valence-electron chi connectivity index (χ2n) is 8.65. The second-order valence-corrected chi connectivity index (χ2v) is 9.73. The van der Waals surface area contributed by atoms with Crippen LogP contribution < -0.4 is 15.5 Å². The number of imidazole rings is 1. The molecule has 4 aromatic heterocycles. The Labute approximate surface area is 223 Å². The van der Waals surface area contributed by atoms with Gasteiger partial charge in [-0.3, -0.25) is 20.0 Å². The molecule has 194 valence electrons. The summed E-state index contributed by atoms with van der Waals surface area (Å²) in [6.45, 7) is 3.19. The van der Waals surface area contributed by atoms with Crippen LogP contribution in [0.1, 0.15) is 28.6 Å². The molecule has 0 saturated heterocycles.